The molecule has 4 heteroatoms. The highest BCUT2D eigenvalue weighted by Crippen LogP contribution is 2.35. The molecule has 0 saturated heterocycles. The van der Waals surface area contributed by atoms with Gasteiger partial charge in [0.05, 0.1) is 12.6 Å². The number of fused-ring (bicyclic) bond motifs is 1. The summed E-state index contributed by atoms with van der Waals surface area (Å²) in [4.78, 5) is 0. The maximum absolute atomic E-state index is 9.60. The number of hydrogen-bond acceptors (Lipinski definition) is 4. The van der Waals surface area contributed by atoms with Gasteiger partial charge in [-0.05, 0) is 24.1 Å². The Labute approximate surface area is 124 Å². The number of aliphatic hydroxyl groups excluding tert-OH is 1. The summed E-state index contributed by atoms with van der Waals surface area (Å²) in [5.74, 6) is 0.918. The number of aliphatic hydroxyl groups is 1. The van der Waals surface area contributed by atoms with E-state index in [2.05, 4.69) is 17.4 Å². The Morgan fingerprint density at radius 2 is 2.00 bits per heavy atom. The smallest absolute Gasteiger partial charge is 0.127 e. The van der Waals surface area contributed by atoms with E-state index in [9.17, 15) is 10.2 Å². The highest BCUT2D eigenvalue weighted by molar-refractivity contribution is 5.44. The number of benzene rings is 2. The maximum Gasteiger partial charge on any atom is 0.127 e. The zero-order valence-corrected chi connectivity index (χ0v) is 11.7. The van der Waals surface area contributed by atoms with Crippen LogP contribution in [0.15, 0.2) is 48.5 Å². The molecule has 3 rings (SSSR count). The summed E-state index contributed by atoms with van der Waals surface area (Å²) in [5, 5.41) is 22.5. The molecule has 1 aliphatic rings. The number of ether oxygens (including phenoxy) is 1. The van der Waals surface area contributed by atoms with Gasteiger partial charge in [-0.2, -0.15) is 0 Å². The number of phenols is 1. The van der Waals surface area contributed by atoms with Crippen molar-refractivity contribution in [2.45, 2.75) is 18.5 Å². The second kappa shape index (κ2) is 6.16. The molecular weight excluding hydrogens is 266 g/mol. The summed E-state index contributed by atoms with van der Waals surface area (Å²) < 4.78 is 5.58. The first-order chi connectivity index (χ1) is 10.3. The summed E-state index contributed by atoms with van der Waals surface area (Å²) >= 11 is 0. The summed E-state index contributed by atoms with van der Waals surface area (Å²) in [6, 6.07) is 15.3. The average Bonchev–Trinajstić information content (AvgIpc) is 2.89. The van der Waals surface area contributed by atoms with E-state index >= 15 is 0 Å². The molecule has 110 valence electrons. The Balaban J connectivity index is 1.69. The van der Waals surface area contributed by atoms with Gasteiger partial charge in [-0.15, -0.1) is 0 Å². The molecule has 3 N–H and O–H groups in total. The predicted molar refractivity (Wildman–Crippen MR) is 80.5 cm³/mol. The Morgan fingerprint density at radius 3 is 2.76 bits per heavy atom. The van der Waals surface area contributed by atoms with Crippen LogP contribution in [-0.4, -0.2) is 29.5 Å². The van der Waals surface area contributed by atoms with E-state index < -0.39 is 0 Å². The van der Waals surface area contributed by atoms with E-state index in [1.54, 1.807) is 12.1 Å². The monoisotopic (exact) mass is 285 g/mol. The van der Waals surface area contributed by atoms with E-state index in [4.69, 9.17) is 4.74 Å². The Morgan fingerprint density at radius 1 is 1.19 bits per heavy atom. The lowest BCUT2D eigenvalue weighted by molar-refractivity contribution is 0.218. The topological polar surface area (TPSA) is 61.7 Å². The van der Waals surface area contributed by atoms with Crippen molar-refractivity contribution in [2.75, 3.05) is 13.2 Å². The van der Waals surface area contributed by atoms with Crippen molar-refractivity contribution >= 4 is 0 Å². The van der Waals surface area contributed by atoms with Crippen molar-refractivity contribution in [1.29, 1.82) is 0 Å². The molecule has 0 bridgehead atoms. The van der Waals surface area contributed by atoms with Gasteiger partial charge in [-0.1, -0.05) is 30.3 Å². The predicted octanol–water partition coefficient (Wildman–Crippen LogP) is 2.02. The first kappa shape index (κ1) is 13.9. The molecule has 0 aliphatic carbocycles. The van der Waals surface area contributed by atoms with Crippen LogP contribution in [0.1, 0.15) is 17.2 Å². The van der Waals surface area contributed by atoms with Crippen molar-refractivity contribution < 1.29 is 14.9 Å². The number of nitrogens with one attached hydrogen (secondary N) is 1. The van der Waals surface area contributed by atoms with Crippen molar-refractivity contribution in [3.05, 3.63) is 59.7 Å². The van der Waals surface area contributed by atoms with Crippen LogP contribution in [0.3, 0.4) is 0 Å². The summed E-state index contributed by atoms with van der Waals surface area (Å²) in [5.41, 5.74) is 2.22. The Hall–Kier alpha value is -2.04. The zero-order valence-electron chi connectivity index (χ0n) is 11.7. The minimum absolute atomic E-state index is 0.0271. The number of rotatable bonds is 5. The van der Waals surface area contributed by atoms with Crippen LogP contribution < -0.4 is 10.1 Å². The zero-order chi connectivity index (χ0) is 14.7. The highest BCUT2D eigenvalue weighted by atomic mass is 16.5. The molecule has 2 aromatic carbocycles. The summed E-state index contributed by atoms with van der Waals surface area (Å²) in [6.07, 6.45) is 0.765. The van der Waals surface area contributed by atoms with Crippen molar-refractivity contribution in [3.63, 3.8) is 0 Å². The quantitative estimate of drug-likeness (QED) is 0.786. The second-order valence-corrected chi connectivity index (χ2v) is 5.32. The first-order valence-electron chi connectivity index (χ1n) is 7.13. The average molecular weight is 285 g/mol. The molecule has 21 heavy (non-hydrogen) atoms. The molecule has 1 unspecified atom stereocenters. The van der Waals surface area contributed by atoms with Gasteiger partial charge >= 0.3 is 0 Å². The third-order valence-electron chi connectivity index (χ3n) is 3.76. The molecule has 0 saturated carbocycles. The van der Waals surface area contributed by atoms with E-state index in [0.29, 0.717) is 12.4 Å². The fourth-order valence-corrected chi connectivity index (χ4v) is 2.70. The molecule has 0 amide bonds. The van der Waals surface area contributed by atoms with Gasteiger partial charge < -0.3 is 20.3 Å². The molecule has 1 heterocycles. The molecular formula is C17H19NO3. The first-order valence-corrected chi connectivity index (χ1v) is 7.13. The van der Waals surface area contributed by atoms with Gasteiger partial charge in [0.2, 0.25) is 0 Å². The minimum atomic E-state index is -0.0271. The van der Waals surface area contributed by atoms with Crippen LogP contribution in [0.2, 0.25) is 0 Å². The lowest BCUT2D eigenvalue weighted by Crippen LogP contribution is -2.38. The van der Waals surface area contributed by atoms with Gasteiger partial charge in [-0.3, -0.25) is 0 Å². The van der Waals surface area contributed by atoms with Crippen LogP contribution in [0.25, 0.3) is 0 Å². The van der Waals surface area contributed by atoms with Crippen molar-refractivity contribution in [2.24, 2.45) is 0 Å². The van der Waals surface area contributed by atoms with Gasteiger partial charge in [0.15, 0.2) is 0 Å². The van der Waals surface area contributed by atoms with Gasteiger partial charge in [0.25, 0.3) is 0 Å². The van der Waals surface area contributed by atoms with E-state index in [-0.39, 0.29) is 24.4 Å². The van der Waals surface area contributed by atoms with E-state index in [0.717, 1.165) is 12.0 Å². The summed E-state index contributed by atoms with van der Waals surface area (Å²) in [6.45, 7) is 0.586. The number of hydrogen-bond donors (Lipinski definition) is 3. The molecule has 0 radical (unpaired) electrons. The lowest BCUT2D eigenvalue weighted by Gasteiger charge is -2.20. The van der Waals surface area contributed by atoms with Gasteiger partial charge in [0, 0.05) is 17.7 Å². The second-order valence-electron chi connectivity index (χ2n) is 5.32. The standard InChI is InChI=1S/C17H19NO3/c19-10-13(8-12-4-2-1-3-5-12)18-16-11-21-17-9-14(20)6-7-15(16)17/h1-7,9,13,16,18-20H,8,10-11H2/t13-,16?/m0/s1. The molecule has 1 aliphatic heterocycles. The molecule has 0 spiro atoms. The SMILES string of the molecule is OC[C@H](Cc1ccccc1)NC1COc2cc(O)ccc21. The van der Waals surface area contributed by atoms with Gasteiger partial charge in [-0.25, -0.2) is 0 Å². The highest BCUT2D eigenvalue weighted by Gasteiger charge is 2.26. The lowest BCUT2D eigenvalue weighted by atomic mass is 10.0. The summed E-state index contributed by atoms with van der Waals surface area (Å²) in [7, 11) is 0. The third-order valence-corrected chi connectivity index (χ3v) is 3.76. The molecule has 2 aromatic rings. The number of phenolic OH excluding ortho intramolecular Hbond substituents is 1. The van der Waals surface area contributed by atoms with Crippen LogP contribution >= 0.6 is 0 Å². The fraction of sp³-hybridized carbons (Fsp3) is 0.294. The van der Waals surface area contributed by atoms with Crippen LogP contribution in [-0.2, 0) is 6.42 Å². The molecule has 4 nitrogen and oxygen atoms in total. The third kappa shape index (κ3) is 3.17. The molecule has 2 atom stereocenters. The molecule has 0 aromatic heterocycles. The van der Waals surface area contributed by atoms with Crippen LogP contribution in [0.4, 0.5) is 0 Å². The largest absolute Gasteiger partial charge is 0.508 e. The van der Waals surface area contributed by atoms with Crippen molar-refractivity contribution in [3.8, 4) is 11.5 Å². The number of aromatic hydroxyl groups is 1. The van der Waals surface area contributed by atoms with E-state index in [1.807, 2.05) is 24.3 Å². The van der Waals surface area contributed by atoms with Crippen LogP contribution in [0.5, 0.6) is 11.5 Å². The Bertz CT molecular complexity index is 600. The van der Waals surface area contributed by atoms with E-state index in [1.165, 1.54) is 5.56 Å². The fourth-order valence-electron chi connectivity index (χ4n) is 2.70. The van der Waals surface area contributed by atoms with Crippen molar-refractivity contribution in [1.82, 2.24) is 5.32 Å². The molecule has 0 fully saturated rings. The minimum Gasteiger partial charge on any atom is -0.508 e. The van der Waals surface area contributed by atoms with Crippen LogP contribution in [0, 0.1) is 0 Å². The Kier molecular flexibility index (Phi) is 4.08. The normalized spacial score (nSPS) is 18.0. The maximum atomic E-state index is 9.60. The van der Waals surface area contributed by atoms with Gasteiger partial charge in [0.1, 0.15) is 18.1 Å².